The molecule has 1 aliphatic heterocycles. The van der Waals surface area contributed by atoms with Crippen LogP contribution in [0.1, 0.15) is 46.0 Å². The van der Waals surface area contributed by atoms with Gasteiger partial charge in [0.15, 0.2) is 0 Å². The number of hydrogen-bond donors (Lipinski definition) is 1. The number of hydrogen-bond acceptors (Lipinski definition) is 3. The molecule has 1 N–H and O–H groups in total. The first-order chi connectivity index (χ1) is 15.2. The molecule has 0 saturated carbocycles. The van der Waals surface area contributed by atoms with Crippen LogP contribution in [0.3, 0.4) is 0 Å². The van der Waals surface area contributed by atoms with Gasteiger partial charge in [-0.25, -0.2) is 4.98 Å². The van der Waals surface area contributed by atoms with Gasteiger partial charge in [-0.05, 0) is 50.1 Å². The molecule has 1 atom stereocenters. The summed E-state index contributed by atoms with van der Waals surface area (Å²) in [5.41, 5.74) is 5.71. The van der Waals surface area contributed by atoms with Crippen molar-refractivity contribution in [2.45, 2.75) is 26.3 Å². The zero-order valence-corrected chi connectivity index (χ0v) is 17.8. The first-order valence-electron chi connectivity index (χ1n) is 10.7. The summed E-state index contributed by atoms with van der Waals surface area (Å²) in [4.78, 5) is 23.7. The van der Waals surface area contributed by atoms with E-state index in [0.29, 0.717) is 18.8 Å². The molecule has 0 spiro atoms. The predicted molar refractivity (Wildman–Crippen MR) is 121 cm³/mol. The Balaban J connectivity index is 1.69. The Hall–Kier alpha value is -3.60. The molecule has 0 saturated heterocycles. The number of pyridine rings is 1. The van der Waals surface area contributed by atoms with Gasteiger partial charge in [0.1, 0.15) is 17.5 Å². The average molecular weight is 412 g/mol. The van der Waals surface area contributed by atoms with Crippen molar-refractivity contribution >= 4 is 16.8 Å². The van der Waals surface area contributed by atoms with Gasteiger partial charge in [0, 0.05) is 34.4 Å². The molecule has 0 bridgehead atoms. The van der Waals surface area contributed by atoms with Gasteiger partial charge in [0.25, 0.3) is 5.91 Å². The maximum atomic E-state index is 13.6. The number of fused-ring (bicyclic) bond motifs is 3. The van der Waals surface area contributed by atoms with Crippen molar-refractivity contribution < 1.29 is 9.53 Å². The topological polar surface area (TPSA) is 58.2 Å². The van der Waals surface area contributed by atoms with Crippen LogP contribution in [-0.4, -0.2) is 33.9 Å². The molecule has 1 aliphatic rings. The maximum absolute atomic E-state index is 13.6. The van der Waals surface area contributed by atoms with Gasteiger partial charge in [0.05, 0.1) is 6.61 Å². The third-order valence-electron chi connectivity index (χ3n) is 5.92. The predicted octanol–water partition coefficient (Wildman–Crippen LogP) is 5.06. The fraction of sp³-hybridized carbons (Fsp3) is 0.231. The van der Waals surface area contributed by atoms with Crippen molar-refractivity contribution in [3.63, 3.8) is 0 Å². The summed E-state index contributed by atoms with van der Waals surface area (Å²) in [6, 6.07) is 21.7. The van der Waals surface area contributed by atoms with Crippen molar-refractivity contribution in [3.05, 3.63) is 94.9 Å². The van der Waals surface area contributed by atoms with Crippen LogP contribution in [0, 0.1) is 6.92 Å². The standard InChI is InChI=1S/C26H25N3O2/c1-3-31-23-14-7-5-11-20(23)25-24-19(18-10-4-6-12-21(18)28-24)15-16-29(25)26(30)22-13-8-9-17(2)27-22/h4-14,25,28H,3,15-16H2,1-2H3. The molecule has 5 heteroatoms. The molecule has 1 unspecified atom stereocenters. The van der Waals surface area contributed by atoms with E-state index in [4.69, 9.17) is 4.74 Å². The zero-order valence-electron chi connectivity index (χ0n) is 17.8. The average Bonchev–Trinajstić information content (AvgIpc) is 3.17. The highest BCUT2D eigenvalue weighted by Crippen LogP contribution is 2.41. The van der Waals surface area contributed by atoms with Crippen LogP contribution in [0.2, 0.25) is 0 Å². The number of benzene rings is 2. The minimum atomic E-state index is -0.270. The van der Waals surface area contributed by atoms with Gasteiger partial charge in [-0.1, -0.05) is 42.5 Å². The smallest absolute Gasteiger partial charge is 0.273 e. The first kappa shape index (κ1) is 19.4. The quantitative estimate of drug-likeness (QED) is 0.511. The zero-order chi connectivity index (χ0) is 21.4. The molecular weight excluding hydrogens is 386 g/mol. The number of carbonyl (C=O) groups is 1. The second kappa shape index (κ2) is 7.91. The monoisotopic (exact) mass is 411 g/mol. The number of amides is 1. The number of aromatic nitrogens is 2. The molecule has 0 radical (unpaired) electrons. The summed E-state index contributed by atoms with van der Waals surface area (Å²) in [5, 5.41) is 1.22. The Morgan fingerprint density at radius 3 is 2.74 bits per heavy atom. The van der Waals surface area contributed by atoms with Crippen LogP contribution in [-0.2, 0) is 6.42 Å². The molecular formula is C26H25N3O2. The van der Waals surface area contributed by atoms with E-state index in [2.05, 4.69) is 34.2 Å². The van der Waals surface area contributed by atoms with Gasteiger partial charge >= 0.3 is 0 Å². The molecule has 1 amide bonds. The van der Waals surface area contributed by atoms with Gasteiger partial charge in [-0.15, -0.1) is 0 Å². The van der Waals surface area contributed by atoms with Crippen LogP contribution in [0.25, 0.3) is 10.9 Å². The Labute approximate surface area is 181 Å². The van der Waals surface area contributed by atoms with Gasteiger partial charge < -0.3 is 14.6 Å². The van der Waals surface area contributed by atoms with Crippen molar-refractivity contribution in [2.24, 2.45) is 0 Å². The van der Waals surface area contributed by atoms with Crippen molar-refractivity contribution in [3.8, 4) is 5.75 Å². The number of aromatic amines is 1. The lowest BCUT2D eigenvalue weighted by atomic mass is 9.91. The second-order valence-electron chi connectivity index (χ2n) is 7.85. The summed E-state index contributed by atoms with van der Waals surface area (Å²) >= 11 is 0. The lowest BCUT2D eigenvalue weighted by Gasteiger charge is -2.36. The lowest BCUT2D eigenvalue weighted by Crippen LogP contribution is -2.41. The number of para-hydroxylation sites is 2. The summed E-state index contributed by atoms with van der Waals surface area (Å²) < 4.78 is 5.96. The van der Waals surface area contributed by atoms with Gasteiger partial charge in [-0.3, -0.25) is 4.79 Å². The van der Waals surface area contributed by atoms with Crippen molar-refractivity contribution in [1.82, 2.24) is 14.9 Å². The number of rotatable bonds is 4. The summed E-state index contributed by atoms with van der Waals surface area (Å²) in [6.07, 6.45) is 0.796. The minimum absolute atomic E-state index is 0.0655. The first-order valence-corrected chi connectivity index (χ1v) is 10.7. The summed E-state index contributed by atoms with van der Waals surface area (Å²) in [6.45, 7) is 5.07. The fourth-order valence-electron chi connectivity index (χ4n) is 4.59. The molecule has 5 nitrogen and oxygen atoms in total. The molecule has 3 heterocycles. The van der Waals surface area contributed by atoms with Gasteiger partial charge in [0.2, 0.25) is 0 Å². The van der Waals surface area contributed by atoms with E-state index in [0.717, 1.165) is 34.6 Å². The summed E-state index contributed by atoms with van der Waals surface area (Å²) in [7, 11) is 0. The Morgan fingerprint density at radius 2 is 1.90 bits per heavy atom. The van der Waals surface area contributed by atoms with Crippen LogP contribution in [0.4, 0.5) is 0 Å². The molecule has 5 rings (SSSR count). The van der Waals surface area contributed by atoms with E-state index in [1.807, 2.05) is 55.1 Å². The number of H-pyrrole nitrogens is 1. The van der Waals surface area contributed by atoms with E-state index in [1.165, 1.54) is 10.9 Å². The highest BCUT2D eigenvalue weighted by molar-refractivity contribution is 5.94. The summed E-state index contributed by atoms with van der Waals surface area (Å²) in [5.74, 6) is 0.737. The Kier molecular flexibility index (Phi) is 4.94. The van der Waals surface area contributed by atoms with Crippen molar-refractivity contribution in [1.29, 1.82) is 0 Å². The second-order valence-corrected chi connectivity index (χ2v) is 7.85. The number of nitrogens with zero attached hydrogens (tertiary/aromatic N) is 2. The number of ether oxygens (including phenoxy) is 1. The highest BCUT2D eigenvalue weighted by Gasteiger charge is 2.36. The molecule has 31 heavy (non-hydrogen) atoms. The fourth-order valence-corrected chi connectivity index (χ4v) is 4.59. The van der Waals surface area contributed by atoms with E-state index in [-0.39, 0.29) is 11.9 Å². The van der Waals surface area contributed by atoms with Crippen LogP contribution >= 0.6 is 0 Å². The van der Waals surface area contributed by atoms with E-state index in [1.54, 1.807) is 6.07 Å². The minimum Gasteiger partial charge on any atom is -0.494 e. The largest absolute Gasteiger partial charge is 0.494 e. The third-order valence-corrected chi connectivity index (χ3v) is 5.92. The highest BCUT2D eigenvalue weighted by atomic mass is 16.5. The van der Waals surface area contributed by atoms with Crippen LogP contribution < -0.4 is 4.74 Å². The van der Waals surface area contributed by atoms with Crippen LogP contribution in [0.5, 0.6) is 5.75 Å². The van der Waals surface area contributed by atoms with Crippen molar-refractivity contribution in [2.75, 3.05) is 13.2 Å². The SMILES string of the molecule is CCOc1ccccc1C1c2[nH]c3ccccc3c2CCN1C(=O)c1cccc(C)n1. The maximum Gasteiger partial charge on any atom is 0.273 e. The Morgan fingerprint density at radius 1 is 1.10 bits per heavy atom. The Bertz CT molecular complexity index is 1260. The molecule has 4 aromatic rings. The molecule has 0 aliphatic carbocycles. The van der Waals surface area contributed by atoms with Crippen LogP contribution in [0.15, 0.2) is 66.7 Å². The molecule has 0 fully saturated rings. The number of nitrogens with one attached hydrogen (secondary N) is 1. The van der Waals surface area contributed by atoms with E-state index >= 15 is 0 Å². The molecule has 156 valence electrons. The van der Waals surface area contributed by atoms with Gasteiger partial charge in [-0.2, -0.15) is 0 Å². The molecule has 2 aromatic heterocycles. The van der Waals surface area contributed by atoms with E-state index < -0.39 is 0 Å². The normalized spacial score (nSPS) is 15.7. The number of aryl methyl sites for hydroxylation is 1. The van der Waals surface area contributed by atoms with E-state index in [9.17, 15) is 4.79 Å². The number of carbonyl (C=O) groups excluding carboxylic acids is 1. The third kappa shape index (κ3) is 3.36. The lowest BCUT2D eigenvalue weighted by molar-refractivity contribution is 0.0683. The molecule has 2 aromatic carbocycles.